The quantitative estimate of drug-likeness (QED) is 0.673. The van der Waals surface area contributed by atoms with E-state index in [9.17, 15) is 13.2 Å². The summed E-state index contributed by atoms with van der Waals surface area (Å²) in [7, 11) is 0. The normalized spacial score (nSPS) is 11.2. The smallest absolute Gasteiger partial charge is 0.417 e. The van der Waals surface area contributed by atoms with Gasteiger partial charge >= 0.3 is 6.18 Å². The number of nitrogen functional groups attached to an aromatic ring is 1. The van der Waals surface area contributed by atoms with E-state index < -0.39 is 11.7 Å². The molecule has 2 aromatic carbocycles. The first-order valence-electron chi connectivity index (χ1n) is 7.78. The van der Waals surface area contributed by atoms with Crippen molar-refractivity contribution >= 4 is 17.2 Å². The zero-order valence-corrected chi connectivity index (χ0v) is 13.6. The van der Waals surface area contributed by atoms with E-state index in [-0.39, 0.29) is 11.5 Å². The van der Waals surface area contributed by atoms with Gasteiger partial charge in [-0.1, -0.05) is 30.3 Å². The van der Waals surface area contributed by atoms with E-state index >= 15 is 0 Å². The number of hydrogen-bond acceptors (Lipinski definition) is 4. The second-order valence-corrected chi connectivity index (χ2v) is 5.58. The fraction of sp³-hybridized carbons (Fsp3) is 0.105. The Labute approximate surface area is 148 Å². The van der Waals surface area contributed by atoms with Crippen molar-refractivity contribution in [1.82, 2.24) is 4.98 Å². The van der Waals surface area contributed by atoms with Crippen LogP contribution in [-0.2, 0) is 12.8 Å². The number of nitrogens with one attached hydrogen (secondary N) is 1. The van der Waals surface area contributed by atoms with Gasteiger partial charge in [-0.05, 0) is 35.9 Å². The number of nitrogens with two attached hydrogens (primary N) is 1. The SMILES string of the molecule is Nc1ncc(C(F)(F)F)cc1Nc1ccc(OCc2ccccc2)cc1. The maximum Gasteiger partial charge on any atom is 0.417 e. The van der Waals surface area contributed by atoms with Crippen LogP contribution in [0.2, 0.25) is 0 Å². The van der Waals surface area contributed by atoms with Crippen LogP contribution in [-0.4, -0.2) is 4.98 Å². The van der Waals surface area contributed by atoms with E-state index in [0.717, 1.165) is 11.6 Å². The summed E-state index contributed by atoms with van der Waals surface area (Å²) in [4.78, 5) is 3.59. The van der Waals surface area contributed by atoms with Crippen molar-refractivity contribution in [3.8, 4) is 5.75 Å². The molecule has 3 rings (SSSR count). The van der Waals surface area contributed by atoms with Gasteiger partial charge in [0.25, 0.3) is 0 Å². The number of anilines is 3. The van der Waals surface area contributed by atoms with Crippen molar-refractivity contribution in [3.63, 3.8) is 0 Å². The highest BCUT2D eigenvalue weighted by atomic mass is 19.4. The van der Waals surface area contributed by atoms with Gasteiger partial charge in [0.05, 0.1) is 11.3 Å². The second-order valence-electron chi connectivity index (χ2n) is 5.58. The molecule has 0 atom stereocenters. The average molecular weight is 359 g/mol. The van der Waals surface area contributed by atoms with Crippen molar-refractivity contribution in [2.24, 2.45) is 0 Å². The van der Waals surface area contributed by atoms with Gasteiger partial charge in [0.15, 0.2) is 0 Å². The predicted octanol–water partition coefficient (Wildman–Crippen LogP) is 5.01. The number of alkyl halides is 3. The van der Waals surface area contributed by atoms with Crippen molar-refractivity contribution in [3.05, 3.63) is 78.0 Å². The lowest BCUT2D eigenvalue weighted by molar-refractivity contribution is -0.137. The van der Waals surface area contributed by atoms with Gasteiger partial charge in [0, 0.05) is 11.9 Å². The molecule has 0 fully saturated rings. The van der Waals surface area contributed by atoms with Crippen LogP contribution in [0.3, 0.4) is 0 Å². The van der Waals surface area contributed by atoms with Crippen LogP contribution in [0.25, 0.3) is 0 Å². The van der Waals surface area contributed by atoms with E-state index in [4.69, 9.17) is 10.5 Å². The highest BCUT2D eigenvalue weighted by Crippen LogP contribution is 2.33. The van der Waals surface area contributed by atoms with Crippen molar-refractivity contribution in [2.45, 2.75) is 12.8 Å². The van der Waals surface area contributed by atoms with E-state index in [1.54, 1.807) is 24.3 Å². The summed E-state index contributed by atoms with van der Waals surface area (Å²) < 4.78 is 44.0. The molecule has 1 heterocycles. The van der Waals surface area contributed by atoms with E-state index in [2.05, 4.69) is 10.3 Å². The maximum atomic E-state index is 12.8. The molecule has 26 heavy (non-hydrogen) atoms. The van der Waals surface area contributed by atoms with Gasteiger partial charge < -0.3 is 15.8 Å². The predicted molar refractivity (Wildman–Crippen MR) is 94.2 cm³/mol. The molecule has 0 radical (unpaired) electrons. The van der Waals surface area contributed by atoms with Crippen molar-refractivity contribution < 1.29 is 17.9 Å². The summed E-state index contributed by atoms with van der Waals surface area (Å²) in [6.07, 6.45) is -3.77. The zero-order valence-electron chi connectivity index (χ0n) is 13.6. The molecule has 0 bridgehead atoms. The van der Waals surface area contributed by atoms with Crippen LogP contribution in [0, 0.1) is 0 Å². The topological polar surface area (TPSA) is 60.2 Å². The lowest BCUT2D eigenvalue weighted by atomic mass is 10.2. The third-order valence-electron chi connectivity index (χ3n) is 3.63. The Bertz CT molecular complexity index is 865. The first kappa shape index (κ1) is 17.6. The molecule has 0 aliphatic heterocycles. The molecule has 0 aliphatic rings. The number of aromatic nitrogens is 1. The third-order valence-corrected chi connectivity index (χ3v) is 3.63. The molecule has 3 N–H and O–H groups in total. The largest absolute Gasteiger partial charge is 0.489 e. The zero-order chi connectivity index (χ0) is 18.6. The molecule has 0 saturated heterocycles. The number of benzene rings is 2. The monoisotopic (exact) mass is 359 g/mol. The fourth-order valence-corrected chi connectivity index (χ4v) is 2.26. The molecule has 0 saturated carbocycles. The number of nitrogens with zero attached hydrogens (tertiary/aromatic N) is 1. The highest BCUT2D eigenvalue weighted by Gasteiger charge is 2.31. The molecule has 0 spiro atoms. The number of ether oxygens (including phenoxy) is 1. The second kappa shape index (κ2) is 7.35. The summed E-state index contributed by atoms with van der Waals surface area (Å²) in [5.74, 6) is 0.636. The van der Waals surface area contributed by atoms with Gasteiger partial charge in [0.2, 0.25) is 0 Å². The Balaban J connectivity index is 1.68. The van der Waals surface area contributed by atoms with Crippen LogP contribution >= 0.6 is 0 Å². The summed E-state index contributed by atoms with van der Waals surface area (Å²) in [6.45, 7) is 0.429. The standard InChI is InChI=1S/C19H16F3N3O/c20-19(21,22)14-10-17(18(23)24-11-14)25-15-6-8-16(9-7-15)26-12-13-4-2-1-3-5-13/h1-11,25H,12H2,(H2,23,24). The Morgan fingerprint density at radius 1 is 1.00 bits per heavy atom. The summed E-state index contributed by atoms with van der Waals surface area (Å²) >= 11 is 0. The Morgan fingerprint density at radius 2 is 1.69 bits per heavy atom. The molecular formula is C19H16F3N3O. The van der Waals surface area contributed by atoms with Gasteiger partial charge in [-0.2, -0.15) is 13.2 Å². The number of rotatable bonds is 5. The molecule has 3 aromatic rings. The van der Waals surface area contributed by atoms with E-state index in [1.807, 2.05) is 30.3 Å². The van der Waals surface area contributed by atoms with Crippen LogP contribution in [0.4, 0.5) is 30.4 Å². The lowest BCUT2D eigenvalue weighted by Gasteiger charge is -2.13. The first-order valence-corrected chi connectivity index (χ1v) is 7.78. The number of hydrogen-bond donors (Lipinski definition) is 2. The van der Waals surface area contributed by atoms with Gasteiger partial charge in [0.1, 0.15) is 18.2 Å². The number of pyridine rings is 1. The molecule has 0 unspecified atom stereocenters. The number of halogens is 3. The van der Waals surface area contributed by atoms with Gasteiger partial charge in [-0.15, -0.1) is 0 Å². The fourth-order valence-electron chi connectivity index (χ4n) is 2.26. The minimum atomic E-state index is -4.48. The molecule has 0 amide bonds. The van der Waals surface area contributed by atoms with E-state index in [0.29, 0.717) is 24.2 Å². The minimum Gasteiger partial charge on any atom is -0.489 e. The summed E-state index contributed by atoms with van der Waals surface area (Å²) in [6, 6.07) is 17.5. The van der Waals surface area contributed by atoms with Crippen LogP contribution in [0.15, 0.2) is 66.9 Å². The van der Waals surface area contributed by atoms with Crippen molar-refractivity contribution in [2.75, 3.05) is 11.1 Å². The molecule has 0 aliphatic carbocycles. The molecule has 4 nitrogen and oxygen atoms in total. The van der Waals surface area contributed by atoms with Crippen LogP contribution in [0.1, 0.15) is 11.1 Å². The Morgan fingerprint density at radius 3 is 2.35 bits per heavy atom. The van der Waals surface area contributed by atoms with E-state index in [1.165, 1.54) is 0 Å². The lowest BCUT2D eigenvalue weighted by Crippen LogP contribution is -2.08. The molecular weight excluding hydrogens is 343 g/mol. The molecule has 7 heteroatoms. The summed E-state index contributed by atoms with van der Waals surface area (Å²) in [5, 5.41) is 2.84. The van der Waals surface area contributed by atoms with Gasteiger partial charge in [-0.25, -0.2) is 4.98 Å². The molecule has 134 valence electrons. The van der Waals surface area contributed by atoms with Crippen molar-refractivity contribution in [1.29, 1.82) is 0 Å². The van der Waals surface area contributed by atoms with Crippen LogP contribution in [0.5, 0.6) is 5.75 Å². The van der Waals surface area contributed by atoms with Crippen LogP contribution < -0.4 is 15.8 Å². The average Bonchev–Trinajstić information content (AvgIpc) is 2.63. The summed E-state index contributed by atoms with van der Waals surface area (Å²) in [5.41, 5.74) is 6.50. The Hall–Kier alpha value is -3.22. The maximum absolute atomic E-state index is 12.8. The minimum absolute atomic E-state index is 0.0117. The van der Waals surface area contributed by atoms with Gasteiger partial charge in [-0.3, -0.25) is 0 Å². The third kappa shape index (κ3) is 4.44. The Kier molecular flexibility index (Phi) is 4.97. The molecule has 1 aromatic heterocycles. The first-order chi connectivity index (χ1) is 12.4. The highest BCUT2D eigenvalue weighted by molar-refractivity contribution is 5.70.